The maximum absolute atomic E-state index is 14.0. The molecule has 2 aromatic rings. The second kappa shape index (κ2) is 7.30. The molecule has 6 heteroatoms. The molecule has 1 N–H and O–H groups in total. The van der Waals surface area contributed by atoms with Gasteiger partial charge in [-0.1, -0.05) is 6.07 Å². The molecule has 1 aromatic carbocycles. The summed E-state index contributed by atoms with van der Waals surface area (Å²) in [5.74, 6) is 0.303. The fourth-order valence-corrected chi connectivity index (χ4v) is 3.69. The molecule has 0 amide bonds. The SMILES string of the molecule is CCn1c(CN2CCCC(CCC(=O)O)C2)nc2c(F)cccc21. The van der Waals surface area contributed by atoms with E-state index in [1.165, 1.54) is 6.07 Å². The molecule has 24 heavy (non-hydrogen) atoms. The van der Waals surface area contributed by atoms with Crippen LogP contribution in [0.25, 0.3) is 11.0 Å². The van der Waals surface area contributed by atoms with Crippen molar-refractivity contribution in [3.63, 3.8) is 0 Å². The lowest BCUT2D eigenvalue weighted by Crippen LogP contribution is -2.35. The molecule has 2 heterocycles. The van der Waals surface area contributed by atoms with Gasteiger partial charge in [-0.05, 0) is 50.8 Å². The van der Waals surface area contributed by atoms with Crippen molar-refractivity contribution >= 4 is 17.0 Å². The second-order valence-corrected chi connectivity index (χ2v) is 6.56. The highest BCUT2D eigenvalue weighted by Gasteiger charge is 2.22. The quantitative estimate of drug-likeness (QED) is 0.881. The van der Waals surface area contributed by atoms with Crippen molar-refractivity contribution in [2.24, 2.45) is 5.92 Å². The van der Waals surface area contributed by atoms with Crippen molar-refractivity contribution in [1.82, 2.24) is 14.5 Å². The Balaban J connectivity index is 1.74. The van der Waals surface area contributed by atoms with Crippen LogP contribution in [-0.2, 0) is 17.9 Å². The van der Waals surface area contributed by atoms with E-state index in [4.69, 9.17) is 5.11 Å². The molecule has 1 aliphatic rings. The molecule has 0 aliphatic carbocycles. The summed E-state index contributed by atoms with van der Waals surface area (Å²) in [6.07, 6.45) is 3.12. The third-order valence-corrected chi connectivity index (χ3v) is 4.86. The third-order valence-electron chi connectivity index (χ3n) is 4.86. The van der Waals surface area contributed by atoms with Crippen molar-refractivity contribution in [2.75, 3.05) is 13.1 Å². The largest absolute Gasteiger partial charge is 0.481 e. The van der Waals surface area contributed by atoms with Crippen LogP contribution >= 0.6 is 0 Å². The van der Waals surface area contributed by atoms with Crippen molar-refractivity contribution in [3.05, 3.63) is 29.8 Å². The van der Waals surface area contributed by atoms with Crippen molar-refractivity contribution < 1.29 is 14.3 Å². The number of fused-ring (bicyclic) bond motifs is 1. The third kappa shape index (κ3) is 3.59. The highest BCUT2D eigenvalue weighted by Crippen LogP contribution is 2.24. The van der Waals surface area contributed by atoms with Crippen LogP contribution in [0, 0.1) is 11.7 Å². The Kier molecular flexibility index (Phi) is 5.14. The van der Waals surface area contributed by atoms with E-state index in [0.29, 0.717) is 18.0 Å². The van der Waals surface area contributed by atoms with E-state index in [0.717, 1.165) is 50.2 Å². The number of nitrogens with zero attached hydrogens (tertiary/aromatic N) is 3. The highest BCUT2D eigenvalue weighted by molar-refractivity contribution is 5.76. The van der Waals surface area contributed by atoms with E-state index in [1.54, 1.807) is 6.07 Å². The number of benzene rings is 1. The molecule has 1 atom stereocenters. The Morgan fingerprint density at radius 3 is 3.04 bits per heavy atom. The average molecular weight is 333 g/mol. The minimum Gasteiger partial charge on any atom is -0.481 e. The Bertz CT molecular complexity index is 728. The summed E-state index contributed by atoms with van der Waals surface area (Å²) in [6, 6.07) is 5.07. The number of carbonyl (C=O) groups is 1. The normalized spacial score (nSPS) is 19.0. The number of carboxylic acid groups (broad SMARTS) is 1. The van der Waals surface area contributed by atoms with Gasteiger partial charge in [-0.2, -0.15) is 0 Å². The number of hydrogen-bond acceptors (Lipinski definition) is 3. The summed E-state index contributed by atoms with van der Waals surface area (Å²) in [5, 5.41) is 8.86. The summed E-state index contributed by atoms with van der Waals surface area (Å²) < 4.78 is 16.1. The summed E-state index contributed by atoms with van der Waals surface area (Å²) >= 11 is 0. The minimum absolute atomic E-state index is 0.233. The molecule has 3 rings (SSSR count). The first-order valence-corrected chi connectivity index (χ1v) is 8.66. The molecule has 0 saturated carbocycles. The maximum Gasteiger partial charge on any atom is 0.303 e. The smallest absolute Gasteiger partial charge is 0.303 e. The van der Waals surface area contributed by atoms with Gasteiger partial charge in [0.1, 0.15) is 11.3 Å². The second-order valence-electron chi connectivity index (χ2n) is 6.56. The lowest BCUT2D eigenvalue weighted by molar-refractivity contribution is -0.137. The van der Waals surface area contributed by atoms with E-state index in [9.17, 15) is 9.18 Å². The van der Waals surface area contributed by atoms with Gasteiger partial charge in [-0.3, -0.25) is 9.69 Å². The van der Waals surface area contributed by atoms with Gasteiger partial charge in [0.25, 0.3) is 0 Å². The van der Waals surface area contributed by atoms with Gasteiger partial charge in [0.05, 0.1) is 12.1 Å². The Morgan fingerprint density at radius 2 is 2.29 bits per heavy atom. The Morgan fingerprint density at radius 1 is 1.46 bits per heavy atom. The lowest BCUT2D eigenvalue weighted by Gasteiger charge is -2.32. The summed E-state index contributed by atoms with van der Waals surface area (Å²) in [7, 11) is 0. The number of likely N-dealkylation sites (tertiary alicyclic amines) is 1. The van der Waals surface area contributed by atoms with Gasteiger partial charge < -0.3 is 9.67 Å². The van der Waals surface area contributed by atoms with Crippen LogP contribution in [0.3, 0.4) is 0 Å². The molecule has 1 aromatic heterocycles. The zero-order chi connectivity index (χ0) is 17.1. The van der Waals surface area contributed by atoms with Crippen LogP contribution in [0.5, 0.6) is 0 Å². The van der Waals surface area contributed by atoms with E-state index in [-0.39, 0.29) is 12.2 Å². The number of imidazole rings is 1. The molecule has 0 spiro atoms. The van der Waals surface area contributed by atoms with Gasteiger partial charge in [-0.15, -0.1) is 0 Å². The molecule has 1 saturated heterocycles. The zero-order valence-corrected chi connectivity index (χ0v) is 14.0. The van der Waals surface area contributed by atoms with E-state index in [2.05, 4.69) is 14.5 Å². The molecule has 0 bridgehead atoms. The molecular weight excluding hydrogens is 309 g/mol. The number of halogens is 1. The molecule has 0 radical (unpaired) electrons. The predicted molar refractivity (Wildman–Crippen MR) is 90.2 cm³/mol. The fourth-order valence-electron chi connectivity index (χ4n) is 3.69. The minimum atomic E-state index is -0.727. The average Bonchev–Trinajstić information content (AvgIpc) is 2.92. The highest BCUT2D eigenvalue weighted by atomic mass is 19.1. The molecule has 1 unspecified atom stereocenters. The number of piperidine rings is 1. The number of carboxylic acids is 1. The van der Waals surface area contributed by atoms with Gasteiger partial charge in [0.15, 0.2) is 5.82 Å². The standard InChI is InChI=1S/C18H24FN3O2/c1-2-22-15-7-3-6-14(19)18(15)20-16(22)12-21-10-4-5-13(11-21)8-9-17(23)24/h3,6-7,13H,2,4-5,8-12H2,1H3,(H,23,24). The Hall–Kier alpha value is -1.95. The van der Waals surface area contributed by atoms with Gasteiger partial charge in [-0.25, -0.2) is 9.37 Å². The van der Waals surface area contributed by atoms with Crippen LogP contribution in [-0.4, -0.2) is 38.6 Å². The van der Waals surface area contributed by atoms with Crippen LogP contribution in [0.4, 0.5) is 4.39 Å². The van der Waals surface area contributed by atoms with Crippen molar-refractivity contribution in [1.29, 1.82) is 0 Å². The van der Waals surface area contributed by atoms with Gasteiger partial charge >= 0.3 is 5.97 Å². The van der Waals surface area contributed by atoms with Crippen LogP contribution in [0.1, 0.15) is 38.4 Å². The first-order chi connectivity index (χ1) is 11.6. The van der Waals surface area contributed by atoms with Crippen LogP contribution in [0.15, 0.2) is 18.2 Å². The maximum atomic E-state index is 14.0. The molecule has 130 valence electrons. The van der Waals surface area contributed by atoms with Crippen molar-refractivity contribution in [3.8, 4) is 0 Å². The molecule has 1 aliphatic heterocycles. The fraction of sp³-hybridized carbons (Fsp3) is 0.556. The molecular formula is C18H24FN3O2. The number of para-hydroxylation sites is 1. The monoisotopic (exact) mass is 333 g/mol. The van der Waals surface area contributed by atoms with E-state index < -0.39 is 5.97 Å². The predicted octanol–water partition coefficient (Wildman–Crippen LogP) is 3.27. The van der Waals surface area contributed by atoms with E-state index >= 15 is 0 Å². The molecule has 5 nitrogen and oxygen atoms in total. The van der Waals surface area contributed by atoms with Gasteiger partial charge in [0.2, 0.25) is 0 Å². The van der Waals surface area contributed by atoms with Crippen LogP contribution < -0.4 is 0 Å². The number of aliphatic carboxylic acids is 1. The van der Waals surface area contributed by atoms with Crippen molar-refractivity contribution in [2.45, 2.75) is 45.7 Å². The summed E-state index contributed by atoms with van der Waals surface area (Å²) in [4.78, 5) is 17.6. The zero-order valence-electron chi connectivity index (χ0n) is 14.0. The first kappa shape index (κ1) is 16.9. The van der Waals surface area contributed by atoms with Crippen LogP contribution in [0.2, 0.25) is 0 Å². The molecule has 1 fully saturated rings. The Labute approximate surface area is 141 Å². The topological polar surface area (TPSA) is 58.4 Å². The van der Waals surface area contributed by atoms with Gasteiger partial charge in [0, 0.05) is 19.5 Å². The summed E-state index contributed by atoms with van der Waals surface area (Å²) in [5.41, 5.74) is 1.28. The number of aryl methyl sites for hydroxylation is 1. The number of rotatable bonds is 6. The summed E-state index contributed by atoms with van der Waals surface area (Å²) in [6.45, 7) is 5.36. The number of hydrogen-bond donors (Lipinski definition) is 1. The first-order valence-electron chi connectivity index (χ1n) is 8.66. The lowest BCUT2D eigenvalue weighted by atomic mass is 9.93. The number of aromatic nitrogens is 2. The van der Waals surface area contributed by atoms with E-state index in [1.807, 2.05) is 13.0 Å².